The Hall–Kier alpha value is -1.62. The number of aryl methyl sites for hydroxylation is 2. The molecule has 106 valence electrons. The molecule has 1 aliphatic carbocycles. The Morgan fingerprint density at radius 3 is 2.80 bits per heavy atom. The van der Waals surface area contributed by atoms with Crippen LogP contribution in [0, 0.1) is 19.8 Å². The van der Waals surface area contributed by atoms with Gasteiger partial charge in [-0.25, -0.2) is 4.98 Å². The van der Waals surface area contributed by atoms with E-state index in [0.717, 1.165) is 33.6 Å². The highest BCUT2D eigenvalue weighted by molar-refractivity contribution is 7.17. The highest BCUT2D eigenvalue weighted by Crippen LogP contribution is 2.32. The van der Waals surface area contributed by atoms with E-state index in [-0.39, 0.29) is 5.91 Å². The number of hydrogen-bond acceptors (Lipinski definition) is 4. The summed E-state index contributed by atoms with van der Waals surface area (Å²) in [4.78, 5) is 19.4. The Labute approximate surface area is 122 Å². The standard InChI is InChI=1S/C15H18N2O2S/c1-9-4-7-12(19-9)14-16-10(2)13(20-14)15(18)17(3)8-11-5-6-11/h4,7,11H,5-6,8H2,1-3H3. The van der Waals surface area contributed by atoms with Crippen LogP contribution in [0.1, 0.15) is 34.0 Å². The first-order chi connectivity index (χ1) is 9.54. The molecule has 0 bridgehead atoms. The van der Waals surface area contributed by atoms with Crippen molar-refractivity contribution in [1.82, 2.24) is 9.88 Å². The molecule has 4 nitrogen and oxygen atoms in total. The molecule has 0 saturated heterocycles. The molecule has 2 aromatic heterocycles. The number of nitrogens with zero attached hydrogens (tertiary/aromatic N) is 2. The minimum absolute atomic E-state index is 0.0708. The van der Waals surface area contributed by atoms with Crippen LogP contribution in [0.15, 0.2) is 16.5 Å². The van der Waals surface area contributed by atoms with Crippen molar-refractivity contribution in [2.75, 3.05) is 13.6 Å². The third-order valence-corrected chi connectivity index (χ3v) is 4.68. The minimum Gasteiger partial charge on any atom is -0.459 e. The topological polar surface area (TPSA) is 46.3 Å². The predicted molar refractivity (Wildman–Crippen MR) is 79.0 cm³/mol. The van der Waals surface area contributed by atoms with E-state index in [1.807, 2.05) is 37.9 Å². The number of amides is 1. The molecule has 5 heteroatoms. The second kappa shape index (κ2) is 5.05. The Morgan fingerprint density at radius 1 is 1.45 bits per heavy atom. The zero-order valence-corrected chi connectivity index (χ0v) is 12.8. The van der Waals surface area contributed by atoms with Crippen molar-refractivity contribution in [3.8, 4) is 10.8 Å². The molecular weight excluding hydrogens is 272 g/mol. The molecule has 0 radical (unpaired) electrons. The number of thiazole rings is 1. The lowest BCUT2D eigenvalue weighted by atomic mass is 10.3. The van der Waals surface area contributed by atoms with E-state index in [1.54, 1.807) is 0 Å². The summed E-state index contributed by atoms with van der Waals surface area (Å²) in [5, 5.41) is 0.777. The van der Waals surface area contributed by atoms with Gasteiger partial charge in [0.1, 0.15) is 10.6 Å². The Bertz CT molecular complexity index is 640. The lowest BCUT2D eigenvalue weighted by molar-refractivity contribution is 0.0792. The molecule has 1 aliphatic rings. The van der Waals surface area contributed by atoms with Crippen molar-refractivity contribution in [1.29, 1.82) is 0 Å². The maximum atomic E-state index is 12.4. The van der Waals surface area contributed by atoms with Crippen molar-refractivity contribution in [3.05, 3.63) is 28.5 Å². The number of carbonyl (C=O) groups is 1. The Balaban J connectivity index is 1.82. The molecule has 20 heavy (non-hydrogen) atoms. The van der Waals surface area contributed by atoms with E-state index in [1.165, 1.54) is 24.2 Å². The second-order valence-electron chi connectivity index (χ2n) is 5.47. The molecule has 3 rings (SSSR count). The zero-order chi connectivity index (χ0) is 14.3. The van der Waals surface area contributed by atoms with Crippen LogP contribution in [-0.4, -0.2) is 29.4 Å². The van der Waals surface area contributed by atoms with Crippen LogP contribution in [0.4, 0.5) is 0 Å². The molecule has 0 aromatic carbocycles. The first kappa shape index (κ1) is 13.4. The van der Waals surface area contributed by atoms with Crippen molar-refractivity contribution >= 4 is 17.2 Å². The van der Waals surface area contributed by atoms with Crippen LogP contribution in [0.2, 0.25) is 0 Å². The summed E-state index contributed by atoms with van der Waals surface area (Å²) in [5.41, 5.74) is 0.784. The van der Waals surface area contributed by atoms with E-state index in [0.29, 0.717) is 5.92 Å². The minimum atomic E-state index is 0.0708. The van der Waals surface area contributed by atoms with Gasteiger partial charge in [0, 0.05) is 13.6 Å². The van der Waals surface area contributed by atoms with Crippen molar-refractivity contribution in [2.45, 2.75) is 26.7 Å². The third kappa shape index (κ3) is 2.63. The second-order valence-corrected chi connectivity index (χ2v) is 6.47. The van der Waals surface area contributed by atoms with Crippen molar-refractivity contribution < 1.29 is 9.21 Å². The molecule has 0 aliphatic heterocycles. The zero-order valence-electron chi connectivity index (χ0n) is 12.0. The van der Waals surface area contributed by atoms with Gasteiger partial charge in [0.05, 0.1) is 5.69 Å². The van der Waals surface area contributed by atoms with Gasteiger partial charge in [-0.1, -0.05) is 0 Å². The van der Waals surface area contributed by atoms with Crippen molar-refractivity contribution in [3.63, 3.8) is 0 Å². The molecule has 0 spiro atoms. The fourth-order valence-corrected chi connectivity index (χ4v) is 3.22. The summed E-state index contributed by atoms with van der Waals surface area (Å²) >= 11 is 1.41. The maximum absolute atomic E-state index is 12.4. The third-order valence-electron chi connectivity index (χ3n) is 3.52. The molecule has 0 N–H and O–H groups in total. The van der Waals surface area contributed by atoms with E-state index < -0.39 is 0 Å². The van der Waals surface area contributed by atoms with Gasteiger partial charge in [-0.2, -0.15) is 0 Å². The van der Waals surface area contributed by atoms with Crippen LogP contribution >= 0.6 is 11.3 Å². The van der Waals surface area contributed by atoms with Crippen LogP contribution in [0.25, 0.3) is 10.8 Å². The summed E-state index contributed by atoms with van der Waals surface area (Å²) in [6.07, 6.45) is 2.49. The highest BCUT2D eigenvalue weighted by atomic mass is 32.1. The normalized spacial score (nSPS) is 14.6. The summed E-state index contributed by atoms with van der Waals surface area (Å²) < 4.78 is 5.58. The average Bonchev–Trinajstić information content (AvgIpc) is 2.97. The fourth-order valence-electron chi connectivity index (χ4n) is 2.19. The van der Waals surface area contributed by atoms with Crippen LogP contribution in [0.3, 0.4) is 0 Å². The van der Waals surface area contributed by atoms with Gasteiger partial charge >= 0.3 is 0 Å². The monoisotopic (exact) mass is 290 g/mol. The largest absolute Gasteiger partial charge is 0.459 e. The fraction of sp³-hybridized carbons (Fsp3) is 0.467. The lowest BCUT2D eigenvalue weighted by Crippen LogP contribution is -2.28. The van der Waals surface area contributed by atoms with Gasteiger partial charge in [-0.15, -0.1) is 11.3 Å². The first-order valence-corrected chi connectivity index (χ1v) is 7.66. The lowest BCUT2D eigenvalue weighted by Gasteiger charge is -2.15. The molecule has 0 atom stereocenters. The molecule has 2 heterocycles. The van der Waals surface area contributed by atoms with E-state index in [4.69, 9.17) is 4.42 Å². The number of rotatable bonds is 4. The van der Waals surface area contributed by atoms with Crippen LogP contribution in [-0.2, 0) is 0 Å². The predicted octanol–water partition coefficient (Wildman–Crippen LogP) is 3.50. The Morgan fingerprint density at radius 2 is 2.20 bits per heavy atom. The quantitative estimate of drug-likeness (QED) is 0.865. The summed E-state index contributed by atoms with van der Waals surface area (Å²) in [5.74, 6) is 2.36. The SMILES string of the molecule is Cc1ccc(-c2nc(C)c(C(=O)N(C)CC3CC3)s2)o1. The maximum Gasteiger partial charge on any atom is 0.265 e. The van der Waals surface area contributed by atoms with E-state index in [9.17, 15) is 4.79 Å². The summed E-state index contributed by atoms with van der Waals surface area (Å²) in [7, 11) is 1.87. The van der Waals surface area contributed by atoms with Crippen molar-refractivity contribution in [2.24, 2.45) is 5.92 Å². The summed E-state index contributed by atoms with van der Waals surface area (Å²) in [6.45, 7) is 4.64. The van der Waals surface area contributed by atoms with Crippen LogP contribution < -0.4 is 0 Å². The first-order valence-electron chi connectivity index (χ1n) is 6.84. The van der Waals surface area contributed by atoms with Gasteiger partial charge in [-0.3, -0.25) is 4.79 Å². The molecule has 1 fully saturated rings. The highest BCUT2D eigenvalue weighted by Gasteiger charge is 2.27. The van der Waals surface area contributed by atoms with E-state index >= 15 is 0 Å². The number of aromatic nitrogens is 1. The molecule has 1 saturated carbocycles. The molecular formula is C15H18N2O2S. The van der Waals surface area contributed by atoms with E-state index in [2.05, 4.69) is 4.98 Å². The number of hydrogen-bond donors (Lipinski definition) is 0. The summed E-state index contributed by atoms with van der Waals surface area (Å²) in [6, 6.07) is 3.81. The molecule has 1 amide bonds. The van der Waals surface area contributed by atoms with Gasteiger partial charge in [0.25, 0.3) is 5.91 Å². The average molecular weight is 290 g/mol. The smallest absolute Gasteiger partial charge is 0.265 e. The molecule has 2 aromatic rings. The number of carbonyl (C=O) groups excluding carboxylic acids is 1. The molecule has 0 unspecified atom stereocenters. The Kier molecular flexibility index (Phi) is 3.38. The number of furan rings is 1. The van der Waals surface area contributed by atoms with Gasteiger partial charge in [0.15, 0.2) is 10.8 Å². The van der Waals surface area contributed by atoms with Gasteiger partial charge in [-0.05, 0) is 44.7 Å². The van der Waals surface area contributed by atoms with Gasteiger partial charge < -0.3 is 9.32 Å². The van der Waals surface area contributed by atoms with Gasteiger partial charge in [0.2, 0.25) is 0 Å². The van der Waals surface area contributed by atoms with Crippen LogP contribution in [0.5, 0.6) is 0 Å².